The number of thiol groups is 1. The number of guanidine groups is 1. The van der Waals surface area contributed by atoms with Gasteiger partial charge in [0, 0.05) is 25.1 Å². The second-order valence-electron chi connectivity index (χ2n) is 7.70. The van der Waals surface area contributed by atoms with E-state index in [0.29, 0.717) is 0 Å². The van der Waals surface area contributed by atoms with E-state index in [1.807, 2.05) is 0 Å². The summed E-state index contributed by atoms with van der Waals surface area (Å²) in [6.45, 7) is 0.143. The molecule has 0 radical (unpaired) electrons. The minimum Gasteiger partial charge on any atom is -0.481 e. The Labute approximate surface area is 212 Å². The summed E-state index contributed by atoms with van der Waals surface area (Å²) in [5, 5.41) is 25.0. The molecule has 0 aliphatic heterocycles. The van der Waals surface area contributed by atoms with Gasteiger partial charge in [-0.2, -0.15) is 12.6 Å². The maximum absolute atomic E-state index is 12.8. The number of aliphatic imine (C=N–C) groups is 1. The zero-order valence-corrected chi connectivity index (χ0v) is 20.4. The molecule has 0 rings (SSSR count). The number of carboxylic acid groups (broad SMARTS) is 2. The molecule has 0 aliphatic carbocycles. The highest BCUT2D eigenvalue weighted by atomic mass is 32.1. The third-order valence-corrected chi connectivity index (χ3v) is 5.06. The van der Waals surface area contributed by atoms with Crippen LogP contribution in [0.4, 0.5) is 0 Å². The number of nitrogens with one attached hydrogen (secondary N) is 3. The summed E-state index contributed by atoms with van der Waals surface area (Å²) in [5.41, 5.74) is 21.2. The number of rotatable bonds is 18. The van der Waals surface area contributed by atoms with Gasteiger partial charge in [0.05, 0.1) is 6.04 Å². The lowest BCUT2D eigenvalue weighted by Gasteiger charge is -2.24. The highest BCUT2D eigenvalue weighted by Crippen LogP contribution is 2.04. The van der Waals surface area contributed by atoms with Crippen LogP contribution < -0.4 is 38.9 Å². The quantitative estimate of drug-likeness (QED) is 0.0349. The lowest BCUT2D eigenvalue weighted by molar-refractivity contribution is -0.142. The Hall–Kier alpha value is -3.60. The fourth-order valence-corrected chi connectivity index (χ4v) is 3.00. The van der Waals surface area contributed by atoms with Crippen molar-refractivity contribution in [3.05, 3.63) is 0 Å². The first kappa shape index (κ1) is 32.4. The number of carbonyl (C=O) groups excluding carboxylic acids is 4. The molecule has 0 saturated carbocycles. The summed E-state index contributed by atoms with van der Waals surface area (Å²) < 4.78 is 0. The molecule has 4 unspecified atom stereocenters. The van der Waals surface area contributed by atoms with Gasteiger partial charge in [0.25, 0.3) is 0 Å². The number of aliphatic carboxylic acids is 2. The van der Waals surface area contributed by atoms with Crippen molar-refractivity contribution in [2.24, 2.45) is 27.9 Å². The second-order valence-corrected chi connectivity index (χ2v) is 8.06. The molecular weight excluding hydrogens is 500 g/mol. The van der Waals surface area contributed by atoms with Crippen LogP contribution in [0.3, 0.4) is 0 Å². The van der Waals surface area contributed by atoms with Crippen LogP contribution in [0.2, 0.25) is 0 Å². The fourth-order valence-electron chi connectivity index (χ4n) is 2.74. The first-order valence-electron chi connectivity index (χ1n) is 10.8. The number of primary amides is 1. The van der Waals surface area contributed by atoms with Gasteiger partial charge in [0.2, 0.25) is 23.6 Å². The zero-order valence-electron chi connectivity index (χ0n) is 19.5. The van der Waals surface area contributed by atoms with Gasteiger partial charge in [-0.3, -0.25) is 29.0 Å². The average molecular weight is 535 g/mol. The third kappa shape index (κ3) is 14.0. The number of hydrogen-bond acceptors (Lipinski definition) is 9. The summed E-state index contributed by atoms with van der Waals surface area (Å²) in [4.78, 5) is 74.7. The average Bonchev–Trinajstić information content (AvgIpc) is 2.79. The number of nitrogens with zero attached hydrogens (tertiary/aromatic N) is 1. The van der Waals surface area contributed by atoms with Gasteiger partial charge in [-0.05, 0) is 25.7 Å². The highest BCUT2D eigenvalue weighted by Gasteiger charge is 2.30. The lowest BCUT2D eigenvalue weighted by atomic mass is 10.1. The molecule has 0 aromatic heterocycles. The van der Waals surface area contributed by atoms with E-state index >= 15 is 0 Å². The van der Waals surface area contributed by atoms with Gasteiger partial charge >= 0.3 is 11.9 Å². The van der Waals surface area contributed by atoms with E-state index in [2.05, 4.69) is 33.6 Å². The van der Waals surface area contributed by atoms with Gasteiger partial charge in [-0.25, -0.2) is 4.79 Å². The van der Waals surface area contributed by atoms with Crippen molar-refractivity contribution in [2.45, 2.75) is 62.7 Å². The molecule has 204 valence electrons. The van der Waals surface area contributed by atoms with E-state index in [-0.39, 0.29) is 56.8 Å². The predicted molar refractivity (Wildman–Crippen MR) is 130 cm³/mol. The molecule has 4 atom stereocenters. The molecule has 0 heterocycles. The van der Waals surface area contributed by atoms with Crippen LogP contribution in [-0.2, 0) is 28.8 Å². The van der Waals surface area contributed by atoms with Crippen LogP contribution in [0.25, 0.3) is 0 Å². The van der Waals surface area contributed by atoms with Crippen molar-refractivity contribution in [2.75, 3.05) is 12.3 Å². The highest BCUT2D eigenvalue weighted by molar-refractivity contribution is 7.80. The van der Waals surface area contributed by atoms with Crippen LogP contribution in [0.5, 0.6) is 0 Å². The molecule has 17 heteroatoms. The molecule has 36 heavy (non-hydrogen) atoms. The number of carboxylic acids is 2. The van der Waals surface area contributed by atoms with Gasteiger partial charge in [0.1, 0.15) is 18.1 Å². The summed E-state index contributed by atoms with van der Waals surface area (Å²) in [7, 11) is 0. The number of hydrogen-bond donors (Lipinski definition) is 10. The molecule has 4 amide bonds. The van der Waals surface area contributed by atoms with E-state index in [1.54, 1.807) is 0 Å². The smallest absolute Gasteiger partial charge is 0.326 e. The third-order valence-electron chi connectivity index (χ3n) is 4.69. The number of amides is 4. The fraction of sp³-hybridized carbons (Fsp3) is 0.632. The maximum atomic E-state index is 12.8. The van der Waals surface area contributed by atoms with E-state index < -0.39 is 59.7 Å². The van der Waals surface area contributed by atoms with Crippen molar-refractivity contribution in [3.63, 3.8) is 0 Å². The minimum atomic E-state index is -1.34. The molecule has 0 aliphatic rings. The Morgan fingerprint density at radius 2 is 1.33 bits per heavy atom. The first-order chi connectivity index (χ1) is 16.8. The largest absolute Gasteiger partial charge is 0.481 e. The summed E-state index contributed by atoms with van der Waals surface area (Å²) in [6, 6.07) is -5.19. The van der Waals surface area contributed by atoms with Crippen LogP contribution in [-0.4, -0.2) is 88.2 Å². The van der Waals surface area contributed by atoms with Crippen LogP contribution in [0.15, 0.2) is 4.99 Å². The van der Waals surface area contributed by atoms with Gasteiger partial charge in [-0.1, -0.05) is 0 Å². The van der Waals surface area contributed by atoms with Gasteiger partial charge in [-0.15, -0.1) is 0 Å². The molecule has 13 N–H and O–H groups in total. The SMILES string of the molecule is NC(=O)CCC(NC(=O)C(N)CCC(=O)O)C(=O)NC(CS)C(=O)NC(CCCN=C(N)N)C(=O)O. The van der Waals surface area contributed by atoms with E-state index in [4.69, 9.17) is 28.0 Å². The predicted octanol–water partition coefficient (Wildman–Crippen LogP) is -4.03. The van der Waals surface area contributed by atoms with E-state index in [9.17, 15) is 33.9 Å². The molecule has 0 aromatic rings. The number of carbonyl (C=O) groups is 6. The Morgan fingerprint density at radius 3 is 1.83 bits per heavy atom. The van der Waals surface area contributed by atoms with Crippen LogP contribution in [0, 0.1) is 0 Å². The van der Waals surface area contributed by atoms with Crippen LogP contribution in [0.1, 0.15) is 38.5 Å². The van der Waals surface area contributed by atoms with Crippen molar-refractivity contribution >= 4 is 54.2 Å². The van der Waals surface area contributed by atoms with E-state index in [0.717, 1.165) is 0 Å². The zero-order chi connectivity index (χ0) is 27.8. The Morgan fingerprint density at radius 1 is 0.778 bits per heavy atom. The monoisotopic (exact) mass is 534 g/mol. The topological polar surface area (TPSA) is 295 Å². The normalized spacial score (nSPS) is 13.8. The summed E-state index contributed by atoms with van der Waals surface area (Å²) in [5.74, 6) is -6.23. The summed E-state index contributed by atoms with van der Waals surface area (Å²) in [6.07, 6.45) is -0.871. The molecule has 0 aromatic carbocycles. The van der Waals surface area contributed by atoms with Gasteiger partial charge < -0.3 is 49.1 Å². The maximum Gasteiger partial charge on any atom is 0.326 e. The lowest BCUT2D eigenvalue weighted by Crippen LogP contribution is -2.57. The second kappa shape index (κ2) is 16.9. The van der Waals surface area contributed by atoms with Gasteiger partial charge in [0.15, 0.2) is 5.96 Å². The van der Waals surface area contributed by atoms with Crippen molar-refractivity contribution in [1.82, 2.24) is 16.0 Å². The molecule has 0 spiro atoms. The molecule has 0 bridgehead atoms. The van der Waals surface area contributed by atoms with Crippen molar-refractivity contribution in [1.29, 1.82) is 0 Å². The first-order valence-corrected chi connectivity index (χ1v) is 11.5. The minimum absolute atomic E-state index is 0.00336. The van der Waals surface area contributed by atoms with Crippen molar-refractivity contribution in [3.8, 4) is 0 Å². The van der Waals surface area contributed by atoms with Crippen LogP contribution >= 0.6 is 12.6 Å². The Balaban J connectivity index is 5.26. The molecular formula is C19H34N8O8S. The summed E-state index contributed by atoms with van der Waals surface area (Å²) >= 11 is 4.01. The molecule has 16 nitrogen and oxygen atoms in total. The van der Waals surface area contributed by atoms with Crippen molar-refractivity contribution < 1.29 is 39.0 Å². The Kier molecular flexibility index (Phi) is 15.2. The Bertz CT molecular complexity index is 836. The molecule has 0 saturated heterocycles. The number of nitrogens with two attached hydrogens (primary N) is 4. The van der Waals surface area contributed by atoms with E-state index in [1.165, 1.54) is 0 Å². The standard InChI is InChI=1S/C19H34N8O8S/c20-9(3-6-14(29)30)15(31)25-10(4-5-13(21)28)16(32)27-12(8-36)17(33)26-11(18(34)35)2-1-7-24-19(22)23/h9-12,36H,1-8,20H2,(H2,21,28)(H,25,31)(H,26,33)(H,27,32)(H,29,30)(H,34,35)(H4,22,23,24). The molecule has 0 fully saturated rings.